The van der Waals surface area contributed by atoms with Crippen LogP contribution in [0, 0.1) is 19.8 Å². The number of aryl methyl sites for hydroxylation is 2. The largest absolute Gasteiger partial charge is 0.444 e. The molecule has 3 N–H and O–H groups in total. The molecule has 1 rings (SSSR count). The minimum absolute atomic E-state index is 0.272. The van der Waals surface area contributed by atoms with Crippen LogP contribution in [-0.2, 0) is 14.3 Å². The van der Waals surface area contributed by atoms with E-state index < -0.39 is 36.3 Å². The molecule has 1 aromatic carbocycles. The Morgan fingerprint density at radius 3 is 2.24 bits per heavy atom. The summed E-state index contributed by atoms with van der Waals surface area (Å²) in [7, 11) is 0. The molecule has 0 saturated heterocycles. The highest BCUT2D eigenvalue weighted by atomic mass is 16.6. The summed E-state index contributed by atoms with van der Waals surface area (Å²) >= 11 is 0. The Hall–Kier alpha value is -2.61. The fourth-order valence-electron chi connectivity index (χ4n) is 4.36. The predicted molar refractivity (Wildman–Crippen MR) is 152 cm³/mol. The fraction of sp³-hybridized carbons (Fsp3) is 0.700. The Morgan fingerprint density at radius 2 is 1.71 bits per heavy atom. The van der Waals surface area contributed by atoms with Crippen molar-refractivity contribution >= 4 is 17.9 Å². The number of carbonyl (C=O) groups is 3. The molecule has 3 amide bonds. The van der Waals surface area contributed by atoms with Crippen molar-refractivity contribution in [1.29, 1.82) is 0 Å². The summed E-state index contributed by atoms with van der Waals surface area (Å²) < 4.78 is 5.33. The fourth-order valence-corrected chi connectivity index (χ4v) is 4.36. The van der Waals surface area contributed by atoms with Crippen molar-refractivity contribution in [2.75, 3.05) is 13.2 Å². The number of alkyl carbamates (subject to hydrolysis) is 1. The molecule has 3 atom stereocenters. The number of unbranched alkanes of at least 4 members (excludes halogenated alkanes) is 2. The van der Waals surface area contributed by atoms with Crippen molar-refractivity contribution in [3.63, 3.8) is 0 Å². The van der Waals surface area contributed by atoms with Crippen molar-refractivity contribution in [3.8, 4) is 0 Å². The molecule has 8 nitrogen and oxygen atoms in total. The van der Waals surface area contributed by atoms with E-state index in [1.807, 2.05) is 39.0 Å². The van der Waals surface area contributed by atoms with Gasteiger partial charge in [0, 0.05) is 12.6 Å². The summed E-state index contributed by atoms with van der Waals surface area (Å²) in [6.45, 7) is 17.2. The average molecular weight is 534 g/mol. The van der Waals surface area contributed by atoms with Gasteiger partial charge in [0.05, 0.1) is 6.61 Å². The van der Waals surface area contributed by atoms with E-state index in [0.29, 0.717) is 18.9 Å². The second kappa shape index (κ2) is 15.7. The molecule has 0 aromatic heterocycles. The van der Waals surface area contributed by atoms with E-state index >= 15 is 0 Å². The third-order valence-corrected chi connectivity index (χ3v) is 6.39. The predicted octanol–water partition coefficient (Wildman–Crippen LogP) is 5.19. The zero-order chi connectivity index (χ0) is 29.0. The van der Waals surface area contributed by atoms with Crippen molar-refractivity contribution in [1.82, 2.24) is 15.5 Å². The molecule has 0 spiro atoms. The van der Waals surface area contributed by atoms with Gasteiger partial charge in [-0.25, -0.2) is 4.79 Å². The third-order valence-electron chi connectivity index (χ3n) is 6.39. The van der Waals surface area contributed by atoms with Crippen LogP contribution in [0.4, 0.5) is 4.79 Å². The molecule has 0 radical (unpaired) electrons. The first-order chi connectivity index (χ1) is 17.7. The molecule has 0 aliphatic carbocycles. The number of nitrogens with zero attached hydrogens (tertiary/aromatic N) is 1. The average Bonchev–Trinajstić information content (AvgIpc) is 2.81. The van der Waals surface area contributed by atoms with Crippen molar-refractivity contribution in [3.05, 3.63) is 34.9 Å². The van der Waals surface area contributed by atoms with Gasteiger partial charge < -0.3 is 25.4 Å². The van der Waals surface area contributed by atoms with Crippen LogP contribution in [0.5, 0.6) is 0 Å². The summed E-state index contributed by atoms with van der Waals surface area (Å²) in [4.78, 5) is 41.9. The highest BCUT2D eigenvalue weighted by molar-refractivity contribution is 5.92. The van der Waals surface area contributed by atoms with E-state index in [1.54, 1.807) is 25.7 Å². The highest BCUT2D eigenvalue weighted by Crippen LogP contribution is 2.30. The molecular weight excluding hydrogens is 482 g/mol. The summed E-state index contributed by atoms with van der Waals surface area (Å²) in [5.74, 6) is -0.389. The molecule has 3 unspecified atom stereocenters. The first kappa shape index (κ1) is 33.4. The van der Waals surface area contributed by atoms with Gasteiger partial charge in [-0.2, -0.15) is 0 Å². The Morgan fingerprint density at radius 1 is 1.05 bits per heavy atom. The number of ether oxygens (including phenoxy) is 1. The SMILES string of the molecule is CCCCCNC(=O)C(c1ccc(C)cc1C)N(C(=O)C(CO)NC(=O)OC(C)(C)C)C(C)CCC(C)C. The Balaban J connectivity index is 3.53. The summed E-state index contributed by atoms with van der Waals surface area (Å²) in [6.07, 6.45) is 3.59. The second-order valence-electron chi connectivity index (χ2n) is 11.7. The minimum Gasteiger partial charge on any atom is -0.444 e. The van der Waals surface area contributed by atoms with Gasteiger partial charge in [-0.15, -0.1) is 0 Å². The number of carbonyl (C=O) groups excluding carboxylic acids is 3. The Labute approximate surface area is 229 Å². The van der Waals surface area contributed by atoms with Crippen molar-refractivity contribution in [2.45, 2.75) is 118 Å². The lowest BCUT2D eigenvalue weighted by Gasteiger charge is -2.39. The number of aliphatic hydroxyl groups excluding tert-OH is 1. The standard InChI is InChI=1S/C30H51N3O5/c1-10-11-12-17-31-27(35)26(24-16-14-21(4)18-22(24)5)33(23(6)15-13-20(2)3)28(36)25(19-34)32-29(37)38-30(7,8)9/h14,16,18,20,23,25-26,34H,10-13,15,17,19H2,1-9H3,(H,31,35)(H,32,37). The smallest absolute Gasteiger partial charge is 0.408 e. The number of nitrogens with one attached hydrogen (secondary N) is 2. The van der Waals surface area contributed by atoms with Crippen molar-refractivity contribution in [2.24, 2.45) is 5.92 Å². The van der Waals surface area contributed by atoms with Crippen LogP contribution in [-0.4, -0.2) is 58.8 Å². The van der Waals surface area contributed by atoms with E-state index in [-0.39, 0.29) is 11.9 Å². The van der Waals surface area contributed by atoms with E-state index in [9.17, 15) is 19.5 Å². The molecule has 0 bridgehead atoms. The monoisotopic (exact) mass is 533 g/mol. The number of benzene rings is 1. The van der Waals surface area contributed by atoms with Gasteiger partial charge in [-0.1, -0.05) is 57.4 Å². The van der Waals surface area contributed by atoms with Gasteiger partial charge in [-0.05, 0) is 77.8 Å². The second-order valence-corrected chi connectivity index (χ2v) is 11.7. The maximum atomic E-state index is 14.1. The van der Waals surface area contributed by atoms with Gasteiger partial charge in [0.15, 0.2) is 0 Å². The number of hydrogen-bond acceptors (Lipinski definition) is 5. The van der Waals surface area contributed by atoms with E-state index in [4.69, 9.17) is 4.74 Å². The van der Waals surface area contributed by atoms with Gasteiger partial charge >= 0.3 is 6.09 Å². The van der Waals surface area contributed by atoms with Gasteiger partial charge in [-0.3, -0.25) is 9.59 Å². The molecule has 0 heterocycles. The lowest BCUT2D eigenvalue weighted by Crippen LogP contribution is -2.56. The van der Waals surface area contributed by atoms with Gasteiger partial charge in [0.25, 0.3) is 0 Å². The maximum Gasteiger partial charge on any atom is 0.408 e. The number of rotatable bonds is 14. The van der Waals surface area contributed by atoms with Crippen LogP contribution in [0.15, 0.2) is 18.2 Å². The van der Waals surface area contributed by atoms with Crippen LogP contribution < -0.4 is 10.6 Å². The van der Waals surface area contributed by atoms with E-state index in [1.165, 1.54) is 0 Å². The number of hydrogen-bond donors (Lipinski definition) is 3. The molecule has 1 aromatic rings. The van der Waals surface area contributed by atoms with E-state index in [2.05, 4.69) is 31.4 Å². The molecule has 0 saturated carbocycles. The zero-order valence-corrected chi connectivity index (χ0v) is 25.0. The molecule has 0 fully saturated rings. The van der Waals surface area contributed by atoms with Crippen molar-refractivity contribution < 1.29 is 24.2 Å². The summed E-state index contributed by atoms with van der Waals surface area (Å²) in [5.41, 5.74) is 1.91. The lowest BCUT2D eigenvalue weighted by molar-refractivity contribution is -0.146. The van der Waals surface area contributed by atoms with Crippen LogP contribution in [0.25, 0.3) is 0 Å². The van der Waals surface area contributed by atoms with Crippen LogP contribution >= 0.6 is 0 Å². The van der Waals surface area contributed by atoms with Gasteiger partial charge in [0.2, 0.25) is 11.8 Å². The molecule has 8 heteroatoms. The van der Waals surface area contributed by atoms with E-state index in [0.717, 1.165) is 42.4 Å². The molecular formula is C30H51N3O5. The van der Waals surface area contributed by atoms with Gasteiger partial charge in [0.1, 0.15) is 17.7 Å². The Kier molecular flexibility index (Phi) is 13.8. The normalized spacial score (nSPS) is 14.0. The number of amides is 3. The summed E-state index contributed by atoms with van der Waals surface area (Å²) in [6, 6.07) is 3.33. The first-order valence-electron chi connectivity index (χ1n) is 14.0. The third kappa shape index (κ3) is 11.0. The topological polar surface area (TPSA) is 108 Å². The quantitative estimate of drug-likeness (QED) is 0.285. The zero-order valence-electron chi connectivity index (χ0n) is 25.0. The lowest BCUT2D eigenvalue weighted by atomic mass is 9.93. The highest BCUT2D eigenvalue weighted by Gasteiger charge is 2.39. The molecule has 216 valence electrons. The first-order valence-corrected chi connectivity index (χ1v) is 14.0. The minimum atomic E-state index is -1.26. The van der Waals surface area contributed by atoms with Crippen LogP contribution in [0.3, 0.4) is 0 Å². The molecule has 0 aliphatic heterocycles. The number of aliphatic hydroxyl groups is 1. The maximum absolute atomic E-state index is 14.1. The molecule has 0 aliphatic rings. The van der Waals surface area contributed by atoms with Crippen LogP contribution in [0.2, 0.25) is 0 Å². The summed E-state index contributed by atoms with van der Waals surface area (Å²) in [5, 5.41) is 15.7. The molecule has 38 heavy (non-hydrogen) atoms. The Bertz CT molecular complexity index is 910. The van der Waals surface area contributed by atoms with Crippen LogP contribution in [0.1, 0.15) is 103 Å².